The van der Waals surface area contributed by atoms with Crippen LogP contribution in [0.25, 0.3) is 72.7 Å². The van der Waals surface area contributed by atoms with Crippen molar-refractivity contribution in [3.8, 4) is 50.2 Å². The summed E-state index contributed by atoms with van der Waals surface area (Å²) in [7, 11) is 2.14. The Kier molecular flexibility index (Phi) is 12.6. The molecule has 2 atom stereocenters. The van der Waals surface area contributed by atoms with E-state index in [2.05, 4.69) is 301 Å². The van der Waals surface area contributed by atoms with Crippen molar-refractivity contribution in [3.63, 3.8) is 0 Å². The van der Waals surface area contributed by atoms with Gasteiger partial charge >= 0.3 is 0 Å². The van der Waals surface area contributed by atoms with Gasteiger partial charge in [0.05, 0.1) is 11.6 Å². The highest BCUT2D eigenvalue weighted by molar-refractivity contribution is 5.94. The predicted octanol–water partition coefficient (Wildman–Crippen LogP) is 19.2. The molecule has 0 spiro atoms. The molecule has 0 amide bonds. The van der Waals surface area contributed by atoms with Gasteiger partial charge in [-0.3, -0.25) is 0 Å². The highest BCUT2D eigenvalue weighted by Crippen LogP contribution is 2.39. The van der Waals surface area contributed by atoms with Crippen LogP contribution < -0.4 is 9.80 Å². The van der Waals surface area contributed by atoms with Gasteiger partial charge < -0.3 is 14.4 Å². The summed E-state index contributed by atoms with van der Waals surface area (Å²) in [5, 5.41) is 1.35. The van der Waals surface area contributed by atoms with Gasteiger partial charge in [0.25, 0.3) is 0 Å². The standard InChI is InChI=1S/C73H59N3/c1-74(64-44-37-59(38-45-64)56-27-21-52(22-28-56)53-25-31-58(32-26-53)61-41-48-69(49-42-61)75(66-13-5-2-6-14-66)67-15-7-3-8-16-67)65-46-39-60(40-47-65)57-29-23-54(24-30-57)55-33-35-62(36-34-55)63-43-50-73-71(51-63)70-19-11-12-20-72(70)76(73)68-17-9-4-10-18-68/h2-10,12-15,17-18,20-25,27-51,53,67H,11,16,19,26H2,1H3. The average molecular weight is 978 g/mol. The van der Waals surface area contributed by atoms with Gasteiger partial charge in [-0.2, -0.15) is 0 Å². The van der Waals surface area contributed by atoms with Crippen molar-refractivity contribution in [1.29, 1.82) is 0 Å². The summed E-state index contributed by atoms with van der Waals surface area (Å²) >= 11 is 0. The van der Waals surface area contributed by atoms with Crippen LogP contribution in [0, 0.1) is 0 Å². The van der Waals surface area contributed by atoms with E-state index in [1.807, 2.05) is 0 Å². The lowest BCUT2D eigenvalue weighted by Gasteiger charge is -2.32. The lowest BCUT2D eigenvalue weighted by atomic mass is 9.87. The molecule has 3 aliphatic rings. The number of aromatic nitrogens is 1. The second-order valence-corrected chi connectivity index (χ2v) is 20.4. The van der Waals surface area contributed by atoms with Crippen molar-refractivity contribution < 1.29 is 0 Å². The van der Waals surface area contributed by atoms with Crippen LogP contribution in [0.3, 0.4) is 0 Å². The lowest BCUT2D eigenvalue weighted by Crippen LogP contribution is -2.29. The van der Waals surface area contributed by atoms with Crippen LogP contribution in [0.15, 0.2) is 273 Å². The lowest BCUT2D eigenvalue weighted by molar-refractivity contribution is 0.785. The minimum Gasteiger partial charge on any atom is -0.345 e. The van der Waals surface area contributed by atoms with E-state index in [0.29, 0.717) is 12.0 Å². The van der Waals surface area contributed by atoms with Crippen LogP contribution in [0.5, 0.6) is 0 Å². The van der Waals surface area contributed by atoms with Crippen molar-refractivity contribution in [2.45, 2.75) is 37.6 Å². The Labute approximate surface area is 447 Å². The zero-order valence-electron chi connectivity index (χ0n) is 42.9. The van der Waals surface area contributed by atoms with Gasteiger partial charge in [0, 0.05) is 52.5 Å². The van der Waals surface area contributed by atoms with E-state index in [-0.39, 0.29) is 0 Å². The average Bonchev–Trinajstić information content (AvgIpc) is 3.85. The Morgan fingerprint density at radius 2 is 0.947 bits per heavy atom. The van der Waals surface area contributed by atoms with E-state index in [1.54, 1.807) is 0 Å². The number of allylic oxidation sites excluding steroid dienone is 7. The van der Waals surface area contributed by atoms with Gasteiger partial charge in [0.2, 0.25) is 0 Å². The number of benzene rings is 9. The first kappa shape index (κ1) is 46.6. The molecule has 0 N–H and O–H groups in total. The molecular weight excluding hydrogens is 919 g/mol. The third kappa shape index (κ3) is 9.26. The summed E-state index contributed by atoms with van der Waals surface area (Å²) in [6, 6.07) is 82.8. The minimum atomic E-state index is 0.294. The number of rotatable bonds is 12. The van der Waals surface area contributed by atoms with E-state index in [1.165, 1.54) is 100 Å². The first-order valence-electron chi connectivity index (χ1n) is 26.9. The van der Waals surface area contributed by atoms with E-state index < -0.39 is 0 Å². The quantitative estimate of drug-likeness (QED) is 0.121. The minimum absolute atomic E-state index is 0.294. The van der Waals surface area contributed by atoms with Crippen molar-refractivity contribution >= 4 is 45.3 Å². The Hall–Kier alpha value is -9.18. The molecule has 10 aromatic rings. The Morgan fingerprint density at radius 1 is 0.434 bits per heavy atom. The highest BCUT2D eigenvalue weighted by Gasteiger charge is 2.21. The molecule has 13 rings (SSSR count). The van der Waals surface area contributed by atoms with Gasteiger partial charge in [0.15, 0.2) is 0 Å². The molecule has 366 valence electrons. The van der Waals surface area contributed by atoms with Crippen LogP contribution in [0.1, 0.15) is 47.6 Å². The highest BCUT2D eigenvalue weighted by atomic mass is 15.2. The van der Waals surface area contributed by atoms with Gasteiger partial charge in [-0.15, -0.1) is 0 Å². The maximum Gasteiger partial charge on any atom is 0.0559 e. The van der Waals surface area contributed by atoms with Crippen molar-refractivity contribution in [2.24, 2.45) is 0 Å². The molecule has 0 bridgehead atoms. The molecule has 0 saturated carbocycles. The zero-order valence-corrected chi connectivity index (χ0v) is 42.9. The molecule has 0 fully saturated rings. The Morgan fingerprint density at radius 3 is 1.51 bits per heavy atom. The van der Waals surface area contributed by atoms with Gasteiger partial charge in [-0.05, 0) is 171 Å². The fourth-order valence-electron chi connectivity index (χ4n) is 11.6. The molecule has 1 heterocycles. The second-order valence-electron chi connectivity index (χ2n) is 20.4. The van der Waals surface area contributed by atoms with Crippen LogP contribution in [-0.4, -0.2) is 17.7 Å². The summed E-state index contributed by atoms with van der Waals surface area (Å²) in [4.78, 5) is 4.70. The molecule has 1 aromatic heterocycles. The molecule has 2 unspecified atom stereocenters. The fraction of sp³-hybridized carbons (Fsp3) is 0.0959. The normalized spacial score (nSPS) is 15.6. The summed E-state index contributed by atoms with van der Waals surface area (Å²) in [5.74, 6) is 0.361. The number of hydrogen-bond acceptors (Lipinski definition) is 2. The maximum absolute atomic E-state index is 2.44. The van der Waals surface area contributed by atoms with E-state index in [0.717, 1.165) is 37.1 Å². The first-order valence-corrected chi connectivity index (χ1v) is 26.9. The fourth-order valence-corrected chi connectivity index (χ4v) is 11.6. The third-order valence-corrected chi connectivity index (χ3v) is 15.8. The van der Waals surface area contributed by atoms with Gasteiger partial charge in [0.1, 0.15) is 0 Å². The zero-order chi connectivity index (χ0) is 50.8. The van der Waals surface area contributed by atoms with E-state index in [4.69, 9.17) is 0 Å². The Balaban J connectivity index is 0.623. The van der Waals surface area contributed by atoms with Crippen molar-refractivity contribution in [1.82, 2.24) is 4.57 Å². The van der Waals surface area contributed by atoms with Crippen LogP contribution in [0.4, 0.5) is 22.7 Å². The molecule has 0 saturated heterocycles. The number of hydrogen-bond donors (Lipinski definition) is 0. The van der Waals surface area contributed by atoms with E-state index >= 15 is 0 Å². The first-order chi connectivity index (χ1) is 37.6. The summed E-state index contributed by atoms with van der Waals surface area (Å²) in [5.41, 5.74) is 23.6. The van der Waals surface area contributed by atoms with Gasteiger partial charge in [-0.25, -0.2) is 0 Å². The molecule has 0 aliphatic heterocycles. The van der Waals surface area contributed by atoms with Crippen molar-refractivity contribution in [2.75, 3.05) is 16.8 Å². The number of nitrogens with zero attached hydrogens (tertiary/aromatic N) is 3. The molecule has 9 aromatic carbocycles. The topological polar surface area (TPSA) is 11.4 Å². The third-order valence-electron chi connectivity index (χ3n) is 15.8. The Bertz CT molecular complexity index is 3820. The van der Waals surface area contributed by atoms with Crippen LogP contribution >= 0.6 is 0 Å². The molecule has 3 heteroatoms. The van der Waals surface area contributed by atoms with E-state index in [9.17, 15) is 0 Å². The van der Waals surface area contributed by atoms with Crippen LogP contribution in [-0.2, 0) is 6.42 Å². The molecular formula is C73H59N3. The summed E-state index contributed by atoms with van der Waals surface area (Å²) in [6.07, 6.45) is 24.7. The molecule has 3 nitrogen and oxygen atoms in total. The monoisotopic (exact) mass is 977 g/mol. The molecule has 76 heavy (non-hydrogen) atoms. The molecule has 0 radical (unpaired) electrons. The van der Waals surface area contributed by atoms with Crippen LogP contribution in [0.2, 0.25) is 0 Å². The SMILES string of the molecule is CN(c1ccc(-c2ccc(-c3ccc(-c4ccc5c(c4)c4c(n5-c5ccccc5)C=CCC4)cc3)cc2)cc1)c1ccc(-c2ccc(C3C=CC(c4ccc(N(c5ccccc5)C5C=CC=CC5)cc4)=CC3)cc2)cc1. The number of para-hydroxylation sites is 2. The predicted molar refractivity (Wildman–Crippen MR) is 323 cm³/mol. The number of fused-ring (bicyclic) bond motifs is 3. The summed E-state index contributed by atoms with van der Waals surface area (Å²) < 4.78 is 2.42. The smallest absolute Gasteiger partial charge is 0.0559 e. The number of aryl methyl sites for hydroxylation is 1. The summed E-state index contributed by atoms with van der Waals surface area (Å²) in [6.45, 7) is 0. The largest absolute Gasteiger partial charge is 0.345 e. The van der Waals surface area contributed by atoms with Crippen molar-refractivity contribution in [3.05, 3.63) is 295 Å². The van der Waals surface area contributed by atoms with Gasteiger partial charge in [-0.1, -0.05) is 200 Å². The second kappa shape index (κ2) is 20.6. The maximum atomic E-state index is 2.44. The molecule has 3 aliphatic carbocycles. The number of anilines is 4.